The van der Waals surface area contributed by atoms with E-state index in [2.05, 4.69) is 43.4 Å². The molecule has 1 aliphatic heterocycles. The van der Waals surface area contributed by atoms with E-state index in [-0.39, 0.29) is 11.4 Å². The molecule has 2 aliphatic rings. The van der Waals surface area contributed by atoms with Crippen LogP contribution in [0, 0.1) is 13.8 Å². The normalized spacial score (nSPS) is 28.6. The SMILES string of the molecule is COC1CCC2(C=C(c3cc(C)ccc3C)C(=O)N2)CC1. The Labute approximate surface area is 126 Å². The maximum absolute atomic E-state index is 12.5. The van der Waals surface area contributed by atoms with Gasteiger partial charge in [-0.3, -0.25) is 4.79 Å². The first-order chi connectivity index (χ1) is 10.0. The van der Waals surface area contributed by atoms with Crippen molar-refractivity contribution in [3.8, 4) is 0 Å². The number of hydrogen-bond acceptors (Lipinski definition) is 2. The van der Waals surface area contributed by atoms with Crippen LogP contribution < -0.4 is 5.32 Å². The number of amides is 1. The van der Waals surface area contributed by atoms with Crippen molar-refractivity contribution in [2.75, 3.05) is 7.11 Å². The fraction of sp³-hybridized carbons (Fsp3) is 0.500. The minimum absolute atomic E-state index is 0.0690. The summed E-state index contributed by atoms with van der Waals surface area (Å²) in [5.41, 5.74) is 4.10. The maximum atomic E-state index is 12.5. The maximum Gasteiger partial charge on any atom is 0.252 e. The summed E-state index contributed by atoms with van der Waals surface area (Å²) in [6.45, 7) is 4.13. The van der Waals surface area contributed by atoms with Gasteiger partial charge in [0.2, 0.25) is 0 Å². The van der Waals surface area contributed by atoms with E-state index in [1.165, 1.54) is 5.56 Å². The number of methoxy groups -OCH3 is 1. The third-order valence-corrected chi connectivity index (χ3v) is 4.87. The van der Waals surface area contributed by atoms with Crippen LogP contribution in [0.2, 0.25) is 0 Å². The lowest BCUT2D eigenvalue weighted by Crippen LogP contribution is -2.46. The van der Waals surface area contributed by atoms with E-state index < -0.39 is 0 Å². The number of hydrogen-bond donors (Lipinski definition) is 1. The second kappa shape index (κ2) is 5.30. The van der Waals surface area contributed by atoms with E-state index in [1.807, 2.05) is 0 Å². The smallest absolute Gasteiger partial charge is 0.252 e. The Hall–Kier alpha value is -1.61. The second-order valence-electron chi connectivity index (χ2n) is 6.42. The molecule has 3 rings (SSSR count). The molecule has 1 aliphatic carbocycles. The first-order valence-electron chi connectivity index (χ1n) is 7.69. The number of carbonyl (C=O) groups excluding carboxylic acids is 1. The van der Waals surface area contributed by atoms with E-state index in [0.717, 1.165) is 42.4 Å². The Bertz CT molecular complexity index is 595. The summed E-state index contributed by atoms with van der Waals surface area (Å²) in [6.07, 6.45) is 6.45. The summed E-state index contributed by atoms with van der Waals surface area (Å²) >= 11 is 0. The van der Waals surface area contributed by atoms with Crippen LogP contribution in [0.1, 0.15) is 42.4 Å². The molecule has 1 N–H and O–H groups in total. The molecule has 0 bridgehead atoms. The van der Waals surface area contributed by atoms with Crippen molar-refractivity contribution in [2.24, 2.45) is 0 Å². The predicted octanol–water partition coefficient (Wildman–Crippen LogP) is 3.14. The van der Waals surface area contributed by atoms with Gasteiger partial charge in [-0.05, 0) is 56.7 Å². The molecule has 1 saturated carbocycles. The van der Waals surface area contributed by atoms with Crippen LogP contribution in [0.15, 0.2) is 24.3 Å². The lowest BCUT2D eigenvalue weighted by Gasteiger charge is -2.35. The molecular formula is C18H23NO2. The van der Waals surface area contributed by atoms with Crippen LogP contribution in [0.25, 0.3) is 5.57 Å². The summed E-state index contributed by atoms with van der Waals surface area (Å²) in [5.74, 6) is 0.0690. The van der Waals surface area contributed by atoms with Crippen LogP contribution in [-0.2, 0) is 9.53 Å². The molecule has 1 spiro atoms. The van der Waals surface area contributed by atoms with E-state index in [1.54, 1.807) is 7.11 Å². The number of nitrogens with one attached hydrogen (secondary N) is 1. The minimum Gasteiger partial charge on any atom is -0.381 e. The van der Waals surface area contributed by atoms with Crippen molar-refractivity contribution in [1.82, 2.24) is 5.32 Å². The zero-order chi connectivity index (χ0) is 15.0. The van der Waals surface area contributed by atoms with E-state index in [9.17, 15) is 4.79 Å². The Balaban J connectivity index is 1.91. The molecule has 1 aromatic carbocycles. The predicted molar refractivity (Wildman–Crippen MR) is 84.0 cm³/mol. The molecule has 3 heteroatoms. The zero-order valence-corrected chi connectivity index (χ0v) is 13.0. The van der Waals surface area contributed by atoms with Gasteiger partial charge in [-0.1, -0.05) is 23.8 Å². The standard InChI is InChI=1S/C18H23NO2/c1-12-4-5-13(2)15(10-12)16-11-18(19-17(16)20)8-6-14(21-3)7-9-18/h4-5,10-11,14H,6-9H2,1-3H3,(H,19,20). The third kappa shape index (κ3) is 2.62. The highest BCUT2D eigenvalue weighted by Crippen LogP contribution is 2.38. The van der Waals surface area contributed by atoms with Crippen molar-refractivity contribution in [2.45, 2.75) is 51.2 Å². The van der Waals surface area contributed by atoms with Crippen molar-refractivity contribution in [3.05, 3.63) is 41.0 Å². The molecule has 0 aromatic heterocycles. The second-order valence-corrected chi connectivity index (χ2v) is 6.42. The fourth-order valence-electron chi connectivity index (χ4n) is 3.51. The molecule has 1 aromatic rings. The van der Waals surface area contributed by atoms with Gasteiger partial charge >= 0.3 is 0 Å². The monoisotopic (exact) mass is 285 g/mol. The van der Waals surface area contributed by atoms with Crippen LogP contribution in [0.5, 0.6) is 0 Å². The van der Waals surface area contributed by atoms with Crippen molar-refractivity contribution in [3.63, 3.8) is 0 Å². The largest absolute Gasteiger partial charge is 0.381 e. The Morgan fingerprint density at radius 2 is 1.95 bits per heavy atom. The molecule has 0 radical (unpaired) electrons. The Morgan fingerprint density at radius 1 is 1.24 bits per heavy atom. The average molecular weight is 285 g/mol. The van der Waals surface area contributed by atoms with Crippen molar-refractivity contribution < 1.29 is 9.53 Å². The van der Waals surface area contributed by atoms with E-state index in [0.29, 0.717) is 6.10 Å². The zero-order valence-electron chi connectivity index (χ0n) is 13.0. The number of carbonyl (C=O) groups is 1. The topological polar surface area (TPSA) is 38.3 Å². The highest BCUT2D eigenvalue weighted by molar-refractivity contribution is 6.22. The molecule has 0 saturated heterocycles. The number of rotatable bonds is 2. The fourth-order valence-corrected chi connectivity index (χ4v) is 3.51. The molecule has 0 atom stereocenters. The number of benzene rings is 1. The molecule has 21 heavy (non-hydrogen) atoms. The minimum atomic E-state index is -0.155. The van der Waals surface area contributed by atoms with Crippen LogP contribution >= 0.6 is 0 Å². The van der Waals surface area contributed by atoms with Gasteiger partial charge in [-0.15, -0.1) is 0 Å². The molecule has 1 fully saturated rings. The Kier molecular flexibility index (Phi) is 3.62. The number of ether oxygens (including phenoxy) is 1. The van der Waals surface area contributed by atoms with Gasteiger partial charge in [0, 0.05) is 12.7 Å². The lowest BCUT2D eigenvalue weighted by atomic mass is 9.80. The molecule has 3 nitrogen and oxygen atoms in total. The summed E-state index contributed by atoms with van der Waals surface area (Å²) < 4.78 is 5.43. The third-order valence-electron chi connectivity index (χ3n) is 4.87. The molecule has 112 valence electrons. The molecule has 1 heterocycles. The van der Waals surface area contributed by atoms with Gasteiger partial charge in [-0.2, -0.15) is 0 Å². The van der Waals surface area contributed by atoms with Crippen molar-refractivity contribution >= 4 is 11.5 Å². The first-order valence-corrected chi connectivity index (χ1v) is 7.69. The van der Waals surface area contributed by atoms with Crippen LogP contribution in [0.3, 0.4) is 0 Å². The highest BCUT2D eigenvalue weighted by atomic mass is 16.5. The van der Waals surface area contributed by atoms with Crippen LogP contribution in [0.4, 0.5) is 0 Å². The van der Waals surface area contributed by atoms with Gasteiger partial charge in [-0.25, -0.2) is 0 Å². The molecule has 0 unspecified atom stereocenters. The van der Waals surface area contributed by atoms with Gasteiger partial charge in [0.15, 0.2) is 0 Å². The summed E-state index contributed by atoms with van der Waals surface area (Å²) in [5, 5.41) is 3.22. The number of aryl methyl sites for hydroxylation is 2. The Morgan fingerprint density at radius 3 is 2.62 bits per heavy atom. The van der Waals surface area contributed by atoms with E-state index in [4.69, 9.17) is 4.74 Å². The molecular weight excluding hydrogens is 262 g/mol. The quantitative estimate of drug-likeness (QED) is 0.906. The highest BCUT2D eigenvalue weighted by Gasteiger charge is 2.41. The summed E-state index contributed by atoms with van der Waals surface area (Å²) in [7, 11) is 1.77. The lowest BCUT2D eigenvalue weighted by molar-refractivity contribution is -0.116. The summed E-state index contributed by atoms with van der Waals surface area (Å²) in [6, 6.07) is 6.29. The van der Waals surface area contributed by atoms with E-state index >= 15 is 0 Å². The van der Waals surface area contributed by atoms with Gasteiger partial charge in [0.05, 0.1) is 11.6 Å². The van der Waals surface area contributed by atoms with Crippen LogP contribution in [-0.4, -0.2) is 24.7 Å². The summed E-state index contributed by atoms with van der Waals surface area (Å²) in [4.78, 5) is 12.5. The van der Waals surface area contributed by atoms with Gasteiger partial charge in [0.25, 0.3) is 5.91 Å². The average Bonchev–Trinajstić information content (AvgIpc) is 2.79. The van der Waals surface area contributed by atoms with Gasteiger partial charge in [0.1, 0.15) is 0 Å². The van der Waals surface area contributed by atoms with Crippen molar-refractivity contribution in [1.29, 1.82) is 0 Å². The van der Waals surface area contributed by atoms with Gasteiger partial charge < -0.3 is 10.1 Å². The first kappa shape index (κ1) is 14.3. The molecule has 1 amide bonds.